The minimum Gasteiger partial charge on any atom is -0.355 e. The number of benzene rings is 1. The second kappa shape index (κ2) is 11.4. The molecule has 0 unspecified atom stereocenters. The highest BCUT2D eigenvalue weighted by molar-refractivity contribution is 5.74. The third-order valence-corrected chi connectivity index (χ3v) is 7.42. The summed E-state index contributed by atoms with van der Waals surface area (Å²) < 4.78 is 14.1. The molecule has 0 radical (unpaired) electrons. The average molecular weight is 458 g/mol. The Morgan fingerprint density at radius 2 is 1.73 bits per heavy atom. The summed E-state index contributed by atoms with van der Waals surface area (Å²) in [6, 6.07) is 7.60. The van der Waals surface area contributed by atoms with Crippen LogP contribution in [0.15, 0.2) is 33.9 Å². The quantitative estimate of drug-likeness (QED) is 0.357. The molecule has 0 spiro atoms. The van der Waals surface area contributed by atoms with Crippen LogP contribution in [-0.2, 0) is 9.47 Å². The van der Waals surface area contributed by atoms with E-state index in [1.807, 2.05) is 24.3 Å². The topological polar surface area (TPSA) is 76.6 Å². The largest absolute Gasteiger partial charge is 0.355 e. The molecule has 2 heterocycles. The van der Waals surface area contributed by atoms with Crippen molar-refractivity contribution >= 4 is 11.0 Å². The van der Waals surface area contributed by atoms with Crippen LogP contribution in [-0.4, -0.2) is 46.7 Å². The Morgan fingerprint density at radius 1 is 1.03 bits per heavy atom. The number of nitrogens with zero attached hydrogens (tertiary/aromatic N) is 2. The molecule has 7 nitrogen and oxygen atoms in total. The molecule has 2 aliphatic rings. The molecule has 7 heteroatoms. The molecule has 2 fully saturated rings. The molecule has 0 atom stereocenters. The fourth-order valence-electron chi connectivity index (χ4n) is 5.54. The standard InChI is InChI=1S/C26H39N3O4/c1-2-3-19-32-20-33-26(15-9-5-4-6-10-16-26)28-17-13-21(14-18-28)29-23-12-8-7-11-22(23)27-24(30)25(29)31/h7-8,11-12,21H,2-6,9-10,13-20H2,1H3,(H,27,30). The minimum absolute atomic E-state index is 0.0207. The lowest BCUT2D eigenvalue weighted by Crippen LogP contribution is -2.55. The maximum absolute atomic E-state index is 12.8. The van der Waals surface area contributed by atoms with Gasteiger partial charge in [0.05, 0.1) is 11.0 Å². The highest BCUT2D eigenvalue weighted by atomic mass is 16.7. The zero-order valence-electron chi connectivity index (χ0n) is 20.0. The van der Waals surface area contributed by atoms with E-state index in [0.717, 1.165) is 63.7 Å². The third kappa shape index (κ3) is 5.58. The molecule has 1 aliphatic carbocycles. The van der Waals surface area contributed by atoms with E-state index in [-0.39, 0.29) is 11.8 Å². The number of aromatic amines is 1. The number of nitrogens with one attached hydrogen (secondary N) is 1. The predicted molar refractivity (Wildman–Crippen MR) is 131 cm³/mol. The van der Waals surface area contributed by atoms with E-state index >= 15 is 0 Å². The highest BCUT2D eigenvalue weighted by Crippen LogP contribution is 2.37. The fraction of sp³-hybridized carbons (Fsp3) is 0.692. The number of piperidine rings is 1. The average Bonchev–Trinajstić information content (AvgIpc) is 2.81. The summed E-state index contributed by atoms with van der Waals surface area (Å²) in [6.45, 7) is 4.96. The lowest BCUT2D eigenvalue weighted by Gasteiger charge is -2.47. The zero-order valence-corrected chi connectivity index (χ0v) is 20.0. The van der Waals surface area contributed by atoms with Crippen molar-refractivity contribution in [1.82, 2.24) is 14.5 Å². The second-order valence-corrected chi connectivity index (χ2v) is 9.60. The lowest BCUT2D eigenvalue weighted by molar-refractivity contribution is -0.225. The van der Waals surface area contributed by atoms with E-state index in [1.54, 1.807) is 4.57 Å². The molecule has 182 valence electrons. The maximum Gasteiger partial charge on any atom is 0.316 e. The van der Waals surface area contributed by atoms with Gasteiger partial charge in [0.2, 0.25) is 0 Å². The van der Waals surface area contributed by atoms with Crippen molar-refractivity contribution in [2.45, 2.75) is 89.3 Å². The van der Waals surface area contributed by atoms with Crippen molar-refractivity contribution in [2.75, 3.05) is 26.5 Å². The van der Waals surface area contributed by atoms with Gasteiger partial charge in [-0.3, -0.25) is 19.1 Å². The van der Waals surface area contributed by atoms with E-state index in [1.165, 1.54) is 32.1 Å². The van der Waals surface area contributed by atoms with Gasteiger partial charge in [-0.2, -0.15) is 0 Å². The monoisotopic (exact) mass is 457 g/mol. The molecule has 2 aromatic rings. The first kappa shape index (κ1) is 24.2. The smallest absolute Gasteiger partial charge is 0.316 e. The van der Waals surface area contributed by atoms with Crippen LogP contribution in [0, 0.1) is 0 Å². The van der Waals surface area contributed by atoms with Crippen molar-refractivity contribution in [3.63, 3.8) is 0 Å². The van der Waals surface area contributed by atoms with Gasteiger partial charge in [0, 0.05) is 25.7 Å². The summed E-state index contributed by atoms with van der Waals surface area (Å²) >= 11 is 0. The van der Waals surface area contributed by atoms with Crippen LogP contribution < -0.4 is 11.1 Å². The van der Waals surface area contributed by atoms with Crippen molar-refractivity contribution < 1.29 is 9.47 Å². The van der Waals surface area contributed by atoms with Crippen LogP contribution in [0.5, 0.6) is 0 Å². The first-order valence-electron chi connectivity index (χ1n) is 12.8. The molecule has 4 rings (SSSR count). The Bertz CT molecular complexity index is 998. The van der Waals surface area contributed by atoms with Crippen LogP contribution in [0.1, 0.15) is 83.6 Å². The molecule has 0 amide bonds. The lowest BCUT2D eigenvalue weighted by atomic mass is 9.90. The number of hydrogen-bond acceptors (Lipinski definition) is 5. The fourth-order valence-corrected chi connectivity index (χ4v) is 5.54. The highest BCUT2D eigenvalue weighted by Gasteiger charge is 2.40. The van der Waals surface area contributed by atoms with Crippen molar-refractivity contribution in [3.05, 3.63) is 45.0 Å². The molecule has 1 aromatic heterocycles. The van der Waals surface area contributed by atoms with E-state index in [9.17, 15) is 9.59 Å². The van der Waals surface area contributed by atoms with E-state index in [2.05, 4.69) is 16.8 Å². The normalized spacial score (nSPS) is 20.5. The van der Waals surface area contributed by atoms with Crippen LogP contribution in [0.4, 0.5) is 0 Å². The summed E-state index contributed by atoms with van der Waals surface area (Å²) in [7, 11) is 0. The molecule has 1 N–H and O–H groups in total. The molecule has 1 saturated carbocycles. The van der Waals surface area contributed by atoms with Gasteiger partial charge in [-0.25, -0.2) is 0 Å². The molecule has 1 aromatic carbocycles. The number of para-hydroxylation sites is 2. The van der Waals surface area contributed by atoms with E-state index in [4.69, 9.17) is 9.47 Å². The number of H-pyrrole nitrogens is 1. The number of fused-ring (bicyclic) bond motifs is 1. The van der Waals surface area contributed by atoms with Crippen LogP contribution >= 0.6 is 0 Å². The van der Waals surface area contributed by atoms with Gasteiger partial charge in [0.25, 0.3) is 0 Å². The number of hydrogen-bond donors (Lipinski definition) is 1. The molecule has 0 bridgehead atoms. The van der Waals surface area contributed by atoms with Gasteiger partial charge in [-0.15, -0.1) is 0 Å². The second-order valence-electron chi connectivity index (χ2n) is 9.60. The maximum atomic E-state index is 12.8. The number of likely N-dealkylation sites (tertiary alicyclic amines) is 1. The first-order chi connectivity index (χ1) is 16.1. The minimum atomic E-state index is -0.542. The van der Waals surface area contributed by atoms with Crippen LogP contribution in [0.25, 0.3) is 11.0 Å². The van der Waals surface area contributed by atoms with Crippen LogP contribution in [0.2, 0.25) is 0 Å². The Labute approximate surface area is 196 Å². The third-order valence-electron chi connectivity index (χ3n) is 7.42. The van der Waals surface area contributed by atoms with E-state index < -0.39 is 11.1 Å². The number of unbranched alkanes of at least 4 members (excludes halogenated alkanes) is 1. The van der Waals surface area contributed by atoms with Gasteiger partial charge in [-0.05, 0) is 57.1 Å². The Balaban J connectivity index is 1.50. The Morgan fingerprint density at radius 3 is 2.45 bits per heavy atom. The predicted octanol–water partition coefficient (Wildman–Crippen LogP) is 4.56. The Hall–Kier alpha value is -1.96. The molecular formula is C26H39N3O4. The summed E-state index contributed by atoms with van der Waals surface area (Å²) in [6.07, 6.45) is 12.1. The van der Waals surface area contributed by atoms with Crippen LogP contribution in [0.3, 0.4) is 0 Å². The number of rotatable bonds is 8. The summed E-state index contributed by atoms with van der Waals surface area (Å²) in [5.41, 5.74) is 0.252. The van der Waals surface area contributed by atoms with Gasteiger partial charge in [0.15, 0.2) is 0 Å². The first-order valence-corrected chi connectivity index (χ1v) is 12.8. The van der Waals surface area contributed by atoms with Crippen molar-refractivity contribution in [3.8, 4) is 0 Å². The van der Waals surface area contributed by atoms with E-state index in [0.29, 0.717) is 12.3 Å². The van der Waals surface area contributed by atoms with Crippen molar-refractivity contribution in [1.29, 1.82) is 0 Å². The number of aromatic nitrogens is 2. The van der Waals surface area contributed by atoms with Gasteiger partial charge in [-0.1, -0.05) is 44.7 Å². The molecule has 1 saturated heterocycles. The van der Waals surface area contributed by atoms with Gasteiger partial charge in [0.1, 0.15) is 12.5 Å². The zero-order chi connectivity index (χ0) is 23.1. The van der Waals surface area contributed by atoms with Gasteiger partial charge < -0.3 is 14.5 Å². The van der Waals surface area contributed by atoms with Crippen molar-refractivity contribution in [2.24, 2.45) is 0 Å². The molecule has 1 aliphatic heterocycles. The molecule has 33 heavy (non-hydrogen) atoms. The summed E-state index contributed by atoms with van der Waals surface area (Å²) in [4.78, 5) is 30.3. The van der Waals surface area contributed by atoms with Gasteiger partial charge >= 0.3 is 11.1 Å². The SMILES string of the molecule is CCCCOCOC1(N2CCC(n3c(=O)c(=O)[nH]c4ccccc43)CC2)CCCCCCC1. The summed E-state index contributed by atoms with van der Waals surface area (Å²) in [5, 5.41) is 0. The molecular weight excluding hydrogens is 418 g/mol. The number of ether oxygens (including phenoxy) is 2. The Kier molecular flexibility index (Phi) is 8.39. The summed E-state index contributed by atoms with van der Waals surface area (Å²) in [5.74, 6) is 0.